The molecule has 1 saturated heterocycles. The van der Waals surface area contributed by atoms with Gasteiger partial charge in [0.1, 0.15) is 11.6 Å². The number of imide groups is 1. The second-order valence-electron chi connectivity index (χ2n) is 7.04. The topological polar surface area (TPSA) is 114 Å². The third kappa shape index (κ3) is 2.31. The molecular weight excluding hydrogens is 334 g/mol. The van der Waals surface area contributed by atoms with Crippen molar-refractivity contribution < 1.29 is 14.1 Å². The van der Waals surface area contributed by atoms with E-state index in [-0.39, 0.29) is 30.2 Å². The molecule has 1 spiro atoms. The van der Waals surface area contributed by atoms with E-state index in [0.29, 0.717) is 18.7 Å². The fourth-order valence-electron chi connectivity index (χ4n) is 3.81. The Morgan fingerprint density at radius 2 is 1.88 bits per heavy atom. The Kier molecular flexibility index (Phi) is 4.08. The van der Waals surface area contributed by atoms with Crippen LogP contribution in [-0.2, 0) is 10.3 Å². The van der Waals surface area contributed by atoms with Crippen molar-refractivity contribution >= 4 is 24.3 Å². The molecule has 2 heterocycles. The minimum absolute atomic E-state index is 0. The number of amides is 3. The molecule has 3 aliphatic rings. The standard InChI is InChI=1S/C15H21N5O3.ClH/c1-9(10-17-11(19-23-10)14(16)5-4-6-14)20-12(21)15(18-13(20)22)7-2-3-8-15;/h9H,2-8,16H2,1H3,(H,18,22);1H. The third-order valence-electron chi connectivity index (χ3n) is 5.53. The van der Waals surface area contributed by atoms with Gasteiger partial charge >= 0.3 is 6.03 Å². The van der Waals surface area contributed by atoms with Gasteiger partial charge in [-0.15, -0.1) is 12.4 Å². The predicted molar refractivity (Wildman–Crippen MR) is 86.3 cm³/mol. The Hall–Kier alpha value is -1.67. The van der Waals surface area contributed by atoms with E-state index in [4.69, 9.17) is 10.3 Å². The van der Waals surface area contributed by atoms with E-state index in [0.717, 1.165) is 32.1 Å². The molecule has 8 nitrogen and oxygen atoms in total. The van der Waals surface area contributed by atoms with Crippen molar-refractivity contribution in [2.75, 3.05) is 0 Å². The van der Waals surface area contributed by atoms with Crippen LogP contribution >= 0.6 is 12.4 Å². The highest BCUT2D eigenvalue weighted by Gasteiger charge is 2.54. The quantitative estimate of drug-likeness (QED) is 0.798. The summed E-state index contributed by atoms with van der Waals surface area (Å²) in [7, 11) is 0. The number of hydrogen-bond donors (Lipinski definition) is 2. The van der Waals surface area contributed by atoms with Crippen molar-refractivity contribution in [2.45, 2.75) is 69.0 Å². The van der Waals surface area contributed by atoms with Gasteiger partial charge in [-0.1, -0.05) is 18.0 Å². The molecule has 1 aromatic heterocycles. The monoisotopic (exact) mass is 355 g/mol. The van der Waals surface area contributed by atoms with Gasteiger partial charge in [0.25, 0.3) is 5.91 Å². The van der Waals surface area contributed by atoms with Crippen molar-refractivity contribution in [3.05, 3.63) is 11.7 Å². The number of nitrogens with one attached hydrogen (secondary N) is 1. The van der Waals surface area contributed by atoms with Crippen LogP contribution in [0.4, 0.5) is 4.79 Å². The number of carbonyl (C=O) groups is 2. The fraction of sp³-hybridized carbons (Fsp3) is 0.733. The summed E-state index contributed by atoms with van der Waals surface area (Å²) in [5.74, 6) is 0.543. The predicted octanol–water partition coefficient (Wildman–Crippen LogP) is 1.75. The van der Waals surface area contributed by atoms with Crippen LogP contribution in [0.25, 0.3) is 0 Å². The lowest BCUT2D eigenvalue weighted by Gasteiger charge is -2.34. The summed E-state index contributed by atoms with van der Waals surface area (Å²) in [5.41, 5.74) is 4.95. The van der Waals surface area contributed by atoms with Crippen LogP contribution in [0.1, 0.15) is 69.6 Å². The average molecular weight is 356 g/mol. The molecule has 0 bridgehead atoms. The fourth-order valence-corrected chi connectivity index (χ4v) is 3.81. The number of urea groups is 1. The molecule has 3 N–H and O–H groups in total. The van der Waals surface area contributed by atoms with Crippen LogP contribution in [0, 0.1) is 0 Å². The number of nitrogens with zero attached hydrogens (tertiary/aromatic N) is 3. The van der Waals surface area contributed by atoms with Gasteiger partial charge in [-0.05, 0) is 39.0 Å². The van der Waals surface area contributed by atoms with Crippen molar-refractivity contribution in [2.24, 2.45) is 5.73 Å². The summed E-state index contributed by atoms with van der Waals surface area (Å²) in [6, 6.07) is -0.970. The summed E-state index contributed by atoms with van der Waals surface area (Å²) in [6.07, 6.45) is 6.00. The summed E-state index contributed by atoms with van der Waals surface area (Å²) < 4.78 is 5.29. The normalized spacial score (nSPS) is 25.3. The van der Waals surface area contributed by atoms with Crippen molar-refractivity contribution in [3.63, 3.8) is 0 Å². The van der Waals surface area contributed by atoms with Gasteiger partial charge in [0.15, 0.2) is 5.82 Å². The first-order valence-corrected chi connectivity index (χ1v) is 8.24. The summed E-state index contributed by atoms with van der Waals surface area (Å²) >= 11 is 0. The van der Waals surface area contributed by atoms with Crippen molar-refractivity contribution in [1.29, 1.82) is 0 Å². The van der Waals surface area contributed by atoms with Gasteiger partial charge < -0.3 is 15.6 Å². The van der Waals surface area contributed by atoms with Gasteiger partial charge in [0, 0.05) is 0 Å². The molecular formula is C15H22ClN5O3. The Bertz CT molecular complexity index is 666. The smallest absolute Gasteiger partial charge is 0.325 e. The molecule has 1 aliphatic heterocycles. The average Bonchev–Trinajstić information content (AvgIpc) is 3.18. The first-order valence-electron chi connectivity index (χ1n) is 8.24. The maximum atomic E-state index is 12.8. The number of hydrogen-bond acceptors (Lipinski definition) is 6. The molecule has 3 fully saturated rings. The summed E-state index contributed by atoms with van der Waals surface area (Å²) in [5, 5.41) is 6.82. The van der Waals surface area contributed by atoms with Crippen LogP contribution in [-0.4, -0.2) is 32.5 Å². The van der Waals surface area contributed by atoms with E-state index in [9.17, 15) is 9.59 Å². The molecule has 2 aliphatic carbocycles. The third-order valence-corrected chi connectivity index (χ3v) is 5.53. The lowest BCUT2D eigenvalue weighted by Crippen LogP contribution is -2.44. The molecule has 4 rings (SSSR count). The van der Waals surface area contributed by atoms with Gasteiger partial charge in [-0.2, -0.15) is 4.98 Å². The van der Waals surface area contributed by atoms with Crippen LogP contribution in [0.3, 0.4) is 0 Å². The van der Waals surface area contributed by atoms with Gasteiger partial charge in [0.05, 0.1) is 5.54 Å². The van der Waals surface area contributed by atoms with E-state index in [1.807, 2.05) is 0 Å². The maximum absolute atomic E-state index is 12.8. The van der Waals surface area contributed by atoms with Crippen LogP contribution < -0.4 is 11.1 Å². The zero-order chi connectivity index (χ0) is 16.2. The molecule has 9 heteroatoms. The highest BCUT2D eigenvalue weighted by atomic mass is 35.5. The highest BCUT2D eigenvalue weighted by Crippen LogP contribution is 2.40. The minimum atomic E-state index is -0.725. The number of halogens is 1. The second kappa shape index (κ2) is 5.70. The largest absolute Gasteiger partial charge is 0.337 e. The Morgan fingerprint density at radius 1 is 1.21 bits per heavy atom. The lowest BCUT2D eigenvalue weighted by atomic mass is 9.77. The highest BCUT2D eigenvalue weighted by molar-refractivity contribution is 6.07. The Labute approximate surface area is 145 Å². The van der Waals surface area contributed by atoms with Crippen molar-refractivity contribution in [3.8, 4) is 0 Å². The van der Waals surface area contributed by atoms with E-state index >= 15 is 0 Å². The van der Waals surface area contributed by atoms with Crippen molar-refractivity contribution in [1.82, 2.24) is 20.4 Å². The maximum Gasteiger partial charge on any atom is 0.325 e. The first kappa shape index (κ1) is 17.2. The molecule has 0 aromatic carbocycles. The van der Waals surface area contributed by atoms with Gasteiger partial charge in [-0.3, -0.25) is 4.79 Å². The zero-order valence-electron chi connectivity index (χ0n) is 13.6. The van der Waals surface area contributed by atoms with E-state index in [1.165, 1.54) is 4.90 Å². The summed E-state index contributed by atoms with van der Waals surface area (Å²) in [4.78, 5) is 30.6. The summed E-state index contributed by atoms with van der Waals surface area (Å²) in [6.45, 7) is 1.73. The molecule has 24 heavy (non-hydrogen) atoms. The molecule has 2 saturated carbocycles. The molecule has 1 unspecified atom stereocenters. The second-order valence-corrected chi connectivity index (χ2v) is 7.04. The van der Waals surface area contributed by atoms with Crippen LogP contribution in [0.2, 0.25) is 0 Å². The van der Waals surface area contributed by atoms with Gasteiger partial charge in [-0.25, -0.2) is 9.69 Å². The van der Waals surface area contributed by atoms with E-state index in [1.54, 1.807) is 6.92 Å². The molecule has 132 valence electrons. The SMILES string of the molecule is CC(c1nc(C2(N)CCC2)no1)N1C(=O)NC2(CCCC2)C1=O.Cl. The molecule has 1 atom stereocenters. The number of carbonyl (C=O) groups excluding carboxylic acids is 2. The molecule has 0 radical (unpaired) electrons. The molecule has 3 amide bonds. The lowest BCUT2D eigenvalue weighted by molar-refractivity contribution is -0.132. The van der Waals surface area contributed by atoms with Crippen LogP contribution in [0.5, 0.6) is 0 Å². The Morgan fingerprint density at radius 3 is 2.46 bits per heavy atom. The number of nitrogens with two attached hydrogens (primary N) is 1. The molecule has 1 aromatic rings. The van der Waals surface area contributed by atoms with E-state index in [2.05, 4.69) is 15.5 Å². The minimum Gasteiger partial charge on any atom is -0.337 e. The number of aromatic nitrogens is 2. The van der Waals surface area contributed by atoms with E-state index < -0.39 is 17.1 Å². The Balaban J connectivity index is 0.00000169. The van der Waals surface area contributed by atoms with Gasteiger partial charge in [0.2, 0.25) is 5.89 Å². The number of rotatable bonds is 3. The zero-order valence-corrected chi connectivity index (χ0v) is 14.4. The van der Waals surface area contributed by atoms with Crippen LogP contribution in [0.15, 0.2) is 4.52 Å². The first-order chi connectivity index (χ1) is 11.0.